The van der Waals surface area contributed by atoms with E-state index < -0.39 is 0 Å². The van der Waals surface area contributed by atoms with Crippen molar-refractivity contribution in [1.29, 1.82) is 0 Å². The highest BCUT2D eigenvalue weighted by molar-refractivity contribution is 5.78. The van der Waals surface area contributed by atoms with Crippen LogP contribution in [0.3, 0.4) is 0 Å². The molecule has 3 nitrogen and oxygen atoms in total. The van der Waals surface area contributed by atoms with Crippen molar-refractivity contribution in [2.24, 2.45) is 0 Å². The summed E-state index contributed by atoms with van der Waals surface area (Å²) in [6.07, 6.45) is 2.71. The third kappa shape index (κ3) is 1.03. The number of benzene rings is 1. The summed E-state index contributed by atoms with van der Waals surface area (Å²) in [5, 5.41) is 0. The molecular formula is C9H10N3. The van der Waals surface area contributed by atoms with Gasteiger partial charge in [-0.3, -0.25) is 0 Å². The first-order valence-electron chi connectivity index (χ1n) is 3.80. The van der Waals surface area contributed by atoms with Crippen LogP contribution in [0.5, 0.6) is 0 Å². The van der Waals surface area contributed by atoms with Crippen LogP contribution in [-0.2, 0) is 0 Å². The summed E-state index contributed by atoms with van der Waals surface area (Å²) in [6.45, 7) is 0. The molecule has 0 spiro atoms. The maximum absolute atomic E-state index is 4.05. The van der Waals surface area contributed by atoms with Crippen molar-refractivity contribution in [1.82, 2.24) is 9.97 Å². The largest absolute Gasteiger partial charge is 0.378 e. The second-order valence-corrected chi connectivity index (χ2v) is 2.94. The predicted octanol–water partition coefficient (Wildman–Crippen LogP) is 1.43. The lowest BCUT2D eigenvalue weighted by Gasteiger charge is -2.11. The zero-order valence-electron chi connectivity index (χ0n) is 7.13. The summed E-state index contributed by atoms with van der Waals surface area (Å²) in [6, 6.07) is 6.09. The Morgan fingerprint density at radius 3 is 3.00 bits per heavy atom. The lowest BCUT2D eigenvalue weighted by molar-refractivity contribution is 1.13. The average Bonchev–Trinajstić information content (AvgIpc) is 2.49. The van der Waals surface area contributed by atoms with Crippen molar-refractivity contribution in [3.05, 3.63) is 24.5 Å². The number of hydrogen-bond acceptors (Lipinski definition) is 2. The number of H-pyrrole nitrogens is 1. The summed E-state index contributed by atoms with van der Waals surface area (Å²) in [7, 11) is 4.02. The number of aromatic nitrogens is 2. The second-order valence-electron chi connectivity index (χ2n) is 2.94. The van der Waals surface area contributed by atoms with Gasteiger partial charge in [-0.25, -0.2) is 4.98 Å². The van der Waals surface area contributed by atoms with Gasteiger partial charge in [-0.05, 0) is 18.2 Å². The quantitative estimate of drug-likeness (QED) is 0.684. The van der Waals surface area contributed by atoms with Crippen LogP contribution >= 0.6 is 0 Å². The molecule has 1 N–H and O–H groups in total. The molecular weight excluding hydrogens is 150 g/mol. The van der Waals surface area contributed by atoms with Crippen LogP contribution in [0.25, 0.3) is 11.0 Å². The average molecular weight is 160 g/mol. The first kappa shape index (κ1) is 7.16. The topological polar surface area (TPSA) is 31.9 Å². The normalized spacial score (nSPS) is 10.5. The molecule has 12 heavy (non-hydrogen) atoms. The summed E-state index contributed by atoms with van der Waals surface area (Å²) in [5.74, 6) is 0. The Labute approximate surface area is 71.0 Å². The summed E-state index contributed by atoms with van der Waals surface area (Å²) in [4.78, 5) is 9.04. The molecule has 1 heterocycles. The van der Waals surface area contributed by atoms with Gasteiger partial charge in [-0.2, -0.15) is 0 Å². The van der Waals surface area contributed by atoms with Crippen LogP contribution in [0, 0.1) is 6.33 Å². The molecule has 0 bridgehead atoms. The van der Waals surface area contributed by atoms with Gasteiger partial charge in [0.1, 0.15) is 0 Å². The molecule has 0 amide bonds. The Morgan fingerprint density at radius 2 is 2.25 bits per heavy atom. The van der Waals surface area contributed by atoms with E-state index in [1.807, 2.05) is 37.2 Å². The standard InChI is InChI=1S/C9H10N3/c1-12(2)7-3-4-8-9(5-7)11-6-10-8/h3-5H,1-2H3,(H,10,11). The van der Waals surface area contributed by atoms with Crippen LogP contribution in [0.15, 0.2) is 18.2 Å². The van der Waals surface area contributed by atoms with Crippen LogP contribution in [0.1, 0.15) is 0 Å². The van der Waals surface area contributed by atoms with Gasteiger partial charge in [-0.1, -0.05) is 0 Å². The van der Waals surface area contributed by atoms with E-state index in [1.165, 1.54) is 0 Å². The van der Waals surface area contributed by atoms with Crippen LogP contribution in [0.4, 0.5) is 5.69 Å². The Balaban J connectivity index is 2.60. The van der Waals surface area contributed by atoms with E-state index >= 15 is 0 Å². The Morgan fingerprint density at radius 1 is 1.42 bits per heavy atom. The van der Waals surface area contributed by atoms with Crippen molar-refractivity contribution in [3.63, 3.8) is 0 Å². The van der Waals surface area contributed by atoms with E-state index in [0.717, 1.165) is 16.7 Å². The van der Waals surface area contributed by atoms with Gasteiger partial charge in [0.15, 0.2) is 6.33 Å². The third-order valence-electron chi connectivity index (χ3n) is 1.86. The van der Waals surface area contributed by atoms with Gasteiger partial charge in [0.25, 0.3) is 0 Å². The molecule has 3 heteroatoms. The number of hydrogen-bond donors (Lipinski definition) is 1. The summed E-state index contributed by atoms with van der Waals surface area (Å²) >= 11 is 0. The van der Waals surface area contributed by atoms with E-state index in [4.69, 9.17) is 0 Å². The summed E-state index contributed by atoms with van der Waals surface area (Å²) < 4.78 is 0. The molecule has 0 unspecified atom stereocenters. The van der Waals surface area contributed by atoms with Crippen molar-refractivity contribution in [2.45, 2.75) is 0 Å². The van der Waals surface area contributed by atoms with Crippen LogP contribution in [-0.4, -0.2) is 24.1 Å². The monoisotopic (exact) mass is 160 g/mol. The van der Waals surface area contributed by atoms with Gasteiger partial charge >= 0.3 is 0 Å². The molecule has 2 rings (SSSR count). The number of aromatic amines is 1. The van der Waals surface area contributed by atoms with Gasteiger partial charge in [0.2, 0.25) is 0 Å². The maximum atomic E-state index is 4.05. The summed E-state index contributed by atoms with van der Waals surface area (Å²) in [5.41, 5.74) is 3.14. The molecule has 0 aliphatic heterocycles. The molecule has 0 atom stereocenters. The third-order valence-corrected chi connectivity index (χ3v) is 1.86. The van der Waals surface area contributed by atoms with E-state index in [0.29, 0.717) is 0 Å². The van der Waals surface area contributed by atoms with Crippen molar-refractivity contribution in [3.8, 4) is 0 Å². The minimum atomic E-state index is 0.959. The fourth-order valence-electron chi connectivity index (χ4n) is 1.14. The highest BCUT2D eigenvalue weighted by Crippen LogP contribution is 2.16. The smallest absolute Gasteiger partial charge is 0.174 e. The number of anilines is 1. The van der Waals surface area contributed by atoms with Crippen molar-refractivity contribution in [2.75, 3.05) is 19.0 Å². The minimum Gasteiger partial charge on any atom is -0.378 e. The Bertz CT molecular complexity index is 389. The highest BCUT2D eigenvalue weighted by atomic mass is 15.1. The number of rotatable bonds is 1. The Kier molecular flexibility index (Phi) is 1.50. The van der Waals surface area contributed by atoms with E-state index in [-0.39, 0.29) is 0 Å². The Hall–Kier alpha value is -1.51. The maximum Gasteiger partial charge on any atom is 0.174 e. The molecule has 2 aromatic rings. The number of nitrogens with one attached hydrogen (secondary N) is 1. The van der Waals surface area contributed by atoms with Crippen LogP contribution < -0.4 is 4.90 Å². The molecule has 1 aromatic heterocycles. The van der Waals surface area contributed by atoms with E-state index in [2.05, 4.69) is 16.3 Å². The van der Waals surface area contributed by atoms with Gasteiger partial charge in [-0.15, -0.1) is 0 Å². The molecule has 1 aromatic carbocycles. The molecule has 1 radical (unpaired) electrons. The lowest BCUT2D eigenvalue weighted by atomic mass is 10.2. The van der Waals surface area contributed by atoms with Crippen molar-refractivity contribution < 1.29 is 0 Å². The van der Waals surface area contributed by atoms with Crippen molar-refractivity contribution >= 4 is 16.7 Å². The zero-order valence-corrected chi connectivity index (χ0v) is 7.13. The lowest BCUT2D eigenvalue weighted by Crippen LogP contribution is -2.07. The molecule has 0 saturated heterocycles. The van der Waals surface area contributed by atoms with E-state index in [1.54, 1.807) is 0 Å². The molecule has 0 fully saturated rings. The first-order valence-corrected chi connectivity index (χ1v) is 3.80. The molecule has 61 valence electrons. The van der Waals surface area contributed by atoms with Gasteiger partial charge < -0.3 is 9.88 Å². The number of fused-ring (bicyclic) bond motifs is 1. The van der Waals surface area contributed by atoms with Gasteiger partial charge in [0, 0.05) is 19.8 Å². The first-order chi connectivity index (χ1) is 5.77. The van der Waals surface area contributed by atoms with E-state index in [9.17, 15) is 0 Å². The predicted molar refractivity (Wildman–Crippen MR) is 49.3 cm³/mol. The SMILES string of the molecule is CN(C)c1ccc2[nH][c]nc2c1. The fourth-order valence-corrected chi connectivity index (χ4v) is 1.14. The molecule has 0 aliphatic carbocycles. The molecule has 0 aliphatic rings. The fraction of sp³-hybridized carbons (Fsp3) is 0.222. The van der Waals surface area contributed by atoms with Crippen LogP contribution in [0.2, 0.25) is 0 Å². The second kappa shape index (κ2) is 2.52. The highest BCUT2D eigenvalue weighted by Gasteiger charge is 1.98. The zero-order chi connectivity index (χ0) is 8.55. The van der Waals surface area contributed by atoms with Gasteiger partial charge in [0.05, 0.1) is 11.0 Å². The number of nitrogens with zero attached hydrogens (tertiary/aromatic N) is 2. The molecule has 0 saturated carbocycles. The minimum absolute atomic E-state index is 0.959. The number of imidazole rings is 1.